The number of anilines is 2. The van der Waals surface area contributed by atoms with Crippen molar-refractivity contribution in [1.29, 1.82) is 0 Å². The fourth-order valence-electron chi connectivity index (χ4n) is 1.35. The summed E-state index contributed by atoms with van der Waals surface area (Å²) in [4.78, 5) is 0. The summed E-state index contributed by atoms with van der Waals surface area (Å²) in [5.74, 6) is 0. The summed E-state index contributed by atoms with van der Waals surface area (Å²) in [6.07, 6.45) is 0. The molecular weight excluding hydrogens is 478 g/mol. The maximum absolute atomic E-state index is 3.56. The van der Waals surface area contributed by atoms with Gasteiger partial charge in [-0.2, -0.15) is 0 Å². The van der Waals surface area contributed by atoms with Crippen LogP contribution in [-0.4, -0.2) is 0 Å². The van der Waals surface area contributed by atoms with Gasteiger partial charge >= 0.3 is 0 Å². The molecule has 2 aromatic rings. The second-order valence-corrected chi connectivity index (χ2v) is 6.77. The summed E-state index contributed by atoms with van der Waals surface area (Å²) in [5.41, 5.74) is 2.02. The van der Waals surface area contributed by atoms with Crippen molar-refractivity contribution < 1.29 is 0 Å². The van der Waals surface area contributed by atoms with E-state index in [0.29, 0.717) is 0 Å². The van der Waals surface area contributed by atoms with Crippen LogP contribution in [0.4, 0.5) is 11.4 Å². The lowest BCUT2D eigenvalue weighted by Gasteiger charge is -2.12. The zero-order valence-electron chi connectivity index (χ0n) is 8.48. The van der Waals surface area contributed by atoms with Crippen molar-refractivity contribution in [2.75, 3.05) is 5.32 Å². The van der Waals surface area contributed by atoms with E-state index in [1.165, 1.54) is 0 Å². The molecule has 0 aliphatic carbocycles. The maximum Gasteiger partial charge on any atom is 0.0684 e. The van der Waals surface area contributed by atoms with E-state index in [1.807, 2.05) is 36.4 Å². The Morgan fingerprint density at radius 3 is 2.24 bits per heavy atom. The maximum atomic E-state index is 3.56. The van der Waals surface area contributed by atoms with Crippen molar-refractivity contribution in [3.63, 3.8) is 0 Å². The zero-order chi connectivity index (χ0) is 12.4. The van der Waals surface area contributed by atoms with Crippen LogP contribution in [0.3, 0.4) is 0 Å². The van der Waals surface area contributed by atoms with Crippen molar-refractivity contribution in [2.24, 2.45) is 0 Å². The van der Waals surface area contributed by atoms with Crippen LogP contribution in [0, 0.1) is 0 Å². The molecule has 0 spiro atoms. The van der Waals surface area contributed by atoms with Gasteiger partial charge in [-0.25, -0.2) is 0 Å². The smallest absolute Gasteiger partial charge is 0.0684 e. The molecule has 0 unspecified atom stereocenters. The lowest BCUT2D eigenvalue weighted by Crippen LogP contribution is -1.93. The molecule has 0 aromatic heterocycles. The normalized spacial score (nSPS) is 10.4. The van der Waals surface area contributed by atoms with Gasteiger partial charge < -0.3 is 5.32 Å². The van der Waals surface area contributed by atoms with Crippen LogP contribution in [-0.2, 0) is 0 Å². The van der Waals surface area contributed by atoms with Gasteiger partial charge in [-0.15, -0.1) is 0 Å². The van der Waals surface area contributed by atoms with Gasteiger partial charge in [-0.1, -0.05) is 22.0 Å². The number of benzene rings is 2. The van der Waals surface area contributed by atoms with Crippen molar-refractivity contribution in [3.05, 3.63) is 54.3 Å². The minimum absolute atomic E-state index is 0.992. The molecule has 0 saturated heterocycles. The summed E-state index contributed by atoms with van der Waals surface area (Å²) in [7, 11) is 0. The zero-order valence-corrected chi connectivity index (χ0v) is 14.8. The lowest BCUT2D eigenvalue weighted by molar-refractivity contribution is 1.47. The van der Waals surface area contributed by atoms with Gasteiger partial charge in [0.2, 0.25) is 0 Å². The predicted octanol–water partition coefficient (Wildman–Crippen LogP) is 6.48. The van der Waals surface area contributed by atoms with E-state index in [4.69, 9.17) is 0 Å². The minimum atomic E-state index is 0.992. The summed E-state index contributed by atoms with van der Waals surface area (Å²) in [6, 6.07) is 12.0. The fraction of sp³-hybridized carbons (Fsp3) is 0. The molecule has 0 bridgehead atoms. The Morgan fingerprint density at radius 1 is 0.824 bits per heavy atom. The van der Waals surface area contributed by atoms with E-state index in [0.717, 1.165) is 29.3 Å². The quantitative estimate of drug-likeness (QED) is 0.481. The van der Waals surface area contributed by atoms with Gasteiger partial charge in [0, 0.05) is 19.1 Å². The molecule has 0 heterocycles. The van der Waals surface area contributed by atoms with E-state index < -0.39 is 0 Å². The molecule has 88 valence electrons. The molecule has 0 amide bonds. The highest BCUT2D eigenvalue weighted by Gasteiger charge is 2.08. The summed E-state index contributed by atoms with van der Waals surface area (Å²) < 4.78 is 4.06. The average Bonchev–Trinajstić information content (AvgIpc) is 2.30. The molecule has 1 N–H and O–H groups in total. The van der Waals surface area contributed by atoms with Gasteiger partial charge in [0.05, 0.1) is 10.2 Å². The standard InChI is InChI=1S/C12H7Br4N/c13-7-2-1-3-8(6-7)17-12-10(15)5-4-9(14)11(12)16/h1-6,17H. The molecule has 0 radical (unpaired) electrons. The molecule has 2 aromatic carbocycles. The number of halogens is 4. The van der Waals surface area contributed by atoms with E-state index in [9.17, 15) is 0 Å². The summed E-state index contributed by atoms with van der Waals surface area (Å²) in [5, 5.41) is 3.37. The molecule has 0 aliphatic rings. The molecule has 0 fully saturated rings. The largest absolute Gasteiger partial charge is 0.354 e. The van der Waals surface area contributed by atoms with Crippen LogP contribution in [0.1, 0.15) is 0 Å². The topological polar surface area (TPSA) is 12.0 Å². The second-order valence-electron chi connectivity index (χ2n) is 3.35. The van der Waals surface area contributed by atoms with E-state index in [2.05, 4.69) is 69.0 Å². The predicted molar refractivity (Wildman–Crippen MR) is 87.0 cm³/mol. The Balaban J connectivity index is 2.39. The van der Waals surface area contributed by atoms with Crippen molar-refractivity contribution in [3.8, 4) is 0 Å². The number of nitrogens with one attached hydrogen (secondary N) is 1. The molecular formula is C12H7Br4N. The number of rotatable bonds is 2. The Labute approximate surface area is 134 Å². The van der Waals surface area contributed by atoms with Gasteiger partial charge in [0.25, 0.3) is 0 Å². The van der Waals surface area contributed by atoms with Crippen LogP contribution in [0.25, 0.3) is 0 Å². The van der Waals surface area contributed by atoms with Crippen LogP contribution < -0.4 is 5.32 Å². The third-order valence-corrected chi connectivity index (χ3v) is 5.31. The molecule has 1 nitrogen and oxygen atoms in total. The van der Waals surface area contributed by atoms with Crippen molar-refractivity contribution >= 4 is 75.1 Å². The van der Waals surface area contributed by atoms with Crippen molar-refractivity contribution in [2.45, 2.75) is 0 Å². The van der Waals surface area contributed by atoms with Gasteiger partial charge in [0.1, 0.15) is 0 Å². The molecule has 5 heteroatoms. The Bertz CT molecular complexity index is 554. The van der Waals surface area contributed by atoms with E-state index >= 15 is 0 Å². The van der Waals surface area contributed by atoms with Gasteiger partial charge in [-0.3, -0.25) is 0 Å². The Morgan fingerprint density at radius 2 is 1.53 bits per heavy atom. The number of hydrogen-bond acceptors (Lipinski definition) is 1. The summed E-state index contributed by atoms with van der Waals surface area (Å²) >= 11 is 14.0. The van der Waals surface area contributed by atoms with Crippen LogP contribution >= 0.6 is 63.7 Å². The van der Waals surface area contributed by atoms with E-state index in [-0.39, 0.29) is 0 Å². The minimum Gasteiger partial charge on any atom is -0.354 e. The first kappa shape index (κ1) is 13.6. The Kier molecular flexibility index (Phi) is 4.69. The number of hydrogen-bond donors (Lipinski definition) is 1. The fourth-order valence-corrected chi connectivity index (χ4v) is 3.22. The molecule has 0 saturated carbocycles. The highest BCUT2D eigenvalue weighted by molar-refractivity contribution is 9.13. The highest BCUT2D eigenvalue weighted by Crippen LogP contribution is 2.38. The van der Waals surface area contributed by atoms with Crippen molar-refractivity contribution in [1.82, 2.24) is 0 Å². The van der Waals surface area contributed by atoms with Crippen LogP contribution in [0.5, 0.6) is 0 Å². The molecule has 17 heavy (non-hydrogen) atoms. The third-order valence-electron chi connectivity index (χ3n) is 2.14. The van der Waals surface area contributed by atoms with Gasteiger partial charge in [-0.05, 0) is 78.1 Å². The first-order valence-corrected chi connectivity index (χ1v) is 7.91. The third kappa shape index (κ3) is 3.34. The lowest BCUT2D eigenvalue weighted by atomic mass is 10.3. The van der Waals surface area contributed by atoms with E-state index in [1.54, 1.807) is 0 Å². The summed E-state index contributed by atoms with van der Waals surface area (Å²) in [6.45, 7) is 0. The molecule has 2 rings (SSSR count). The monoisotopic (exact) mass is 481 g/mol. The SMILES string of the molecule is Brc1cccc(Nc2c(Br)ccc(Br)c2Br)c1. The van der Waals surface area contributed by atoms with Gasteiger partial charge in [0.15, 0.2) is 0 Å². The van der Waals surface area contributed by atoms with Crippen LogP contribution in [0.2, 0.25) is 0 Å². The molecule has 0 aliphatic heterocycles. The Hall–Kier alpha value is 0.160. The first-order chi connectivity index (χ1) is 8.08. The average molecular weight is 485 g/mol. The highest BCUT2D eigenvalue weighted by atomic mass is 79.9. The molecule has 0 atom stereocenters. The first-order valence-electron chi connectivity index (χ1n) is 4.74. The van der Waals surface area contributed by atoms with Crippen LogP contribution in [0.15, 0.2) is 54.3 Å². The second kappa shape index (κ2) is 5.87.